The van der Waals surface area contributed by atoms with Crippen LogP contribution in [-0.2, 0) is 9.84 Å². The largest absolute Gasteiger partial charge is 0.336 e. The van der Waals surface area contributed by atoms with Crippen molar-refractivity contribution in [1.29, 1.82) is 0 Å². The third-order valence-corrected chi connectivity index (χ3v) is 5.54. The van der Waals surface area contributed by atoms with E-state index in [1.54, 1.807) is 17.0 Å². The van der Waals surface area contributed by atoms with Crippen molar-refractivity contribution in [2.24, 2.45) is 5.73 Å². The number of carbonyl (C=O) groups is 1. The van der Waals surface area contributed by atoms with Gasteiger partial charge in [-0.05, 0) is 29.8 Å². The Kier molecular flexibility index (Phi) is 4.43. The minimum atomic E-state index is -3.26. The highest BCUT2D eigenvalue weighted by molar-refractivity contribution is 7.90. The van der Waals surface area contributed by atoms with Gasteiger partial charge in [0.05, 0.1) is 4.90 Å². The Hall–Kier alpha value is -2.18. The molecule has 2 N–H and O–H groups in total. The fourth-order valence-electron chi connectivity index (χ4n) is 3.08. The number of nitrogens with zero attached hydrogens (tertiary/aromatic N) is 1. The van der Waals surface area contributed by atoms with E-state index in [-0.39, 0.29) is 22.8 Å². The lowest BCUT2D eigenvalue weighted by Gasteiger charge is -2.16. The molecule has 2 aromatic rings. The zero-order valence-electron chi connectivity index (χ0n) is 13.4. The maximum Gasteiger partial charge on any atom is 0.253 e. The molecule has 0 unspecified atom stereocenters. The van der Waals surface area contributed by atoms with Crippen molar-refractivity contribution in [3.63, 3.8) is 0 Å². The summed E-state index contributed by atoms with van der Waals surface area (Å²) in [4.78, 5) is 14.6. The highest BCUT2D eigenvalue weighted by Crippen LogP contribution is 2.27. The lowest BCUT2D eigenvalue weighted by molar-refractivity contribution is 0.0789. The van der Waals surface area contributed by atoms with E-state index >= 15 is 0 Å². The summed E-state index contributed by atoms with van der Waals surface area (Å²) in [7, 11) is -3.26. The van der Waals surface area contributed by atoms with E-state index in [0.29, 0.717) is 18.7 Å². The number of benzene rings is 2. The van der Waals surface area contributed by atoms with Crippen molar-refractivity contribution in [2.45, 2.75) is 16.9 Å². The zero-order valence-corrected chi connectivity index (χ0v) is 14.2. The van der Waals surface area contributed by atoms with Crippen LogP contribution in [0.3, 0.4) is 0 Å². The second-order valence-corrected chi connectivity index (χ2v) is 8.20. The fraction of sp³-hybridized carbons (Fsp3) is 0.278. The monoisotopic (exact) mass is 344 g/mol. The lowest BCUT2D eigenvalue weighted by Crippen LogP contribution is -2.32. The predicted octanol–water partition coefficient (Wildman–Crippen LogP) is 1.66. The van der Waals surface area contributed by atoms with Gasteiger partial charge in [-0.3, -0.25) is 4.79 Å². The Morgan fingerprint density at radius 1 is 1.04 bits per heavy atom. The molecule has 1 aliphatic heterocycles. The first-order chi connectivity index (χ1) is 11.4. The number of likely N-dealkylation sites (tertiary alicyclic amines) is 1. The molecule has 0 radical (unpaired) electrons. The van der Waals surface area contributed by atoms with Crippen LogP contribution in [0.4, 0.5) is 0 Å². The maximum atomic E-state index is 12.7. The van der Waals surface area contributed by atoms with E-state index in [1.165, 1.54) is 12.1 Å². The molecule has 2 atom stereocenters. The average molecular weight is 344 g/mol. The molecule has 0 aromatic heterocycles. The highest BCUT2D eigenvalue weighted by Gasteiger charge is 2.34. The van der Waals surface area contributed by atoms with Crippen LogP contribution in [0.15, 0.2) is 59.5 Å². The molecule has 1 heterocycles. The SMILES string of the molecule is CS(=O)(=O)c1ccc(C(=O)N2C[C@H](c3ccccc3)[C@@H](N)C2)cc1. The van der Waals surface area contributed by atoms with Crippen LogP contribution in [0.5, 0.6) is 0 Å². The molecule has 6 heteroatoms. The minimum absolute atomic E-state index is 0.105. The summed E-state index contributed by atoms with van der Waals surface area (Å²) >= 11 is 0. The highest BCUT2D eigenvalue weighted by atomic mass is 32.2. The Bertz CT molecular complexity index is 832. The first-order valence-corrected chi connectivity index (χ1v) is 9.65. The van der Waals surface area contributed by atoms with E-state index in [4.69, 9.17) is 5.73 Å². The lowest BCUT2D eigenvalue weighted by atomic mass is 9.95. The van der Waals surface area contributed by atoms with Crippen LogP contribution >= 0.6 is 0 Å². The smallest absolute Gasteiger partial charge is 0.253 e. The number of hydrogen-bond acceptors (Lipinski definition) is 4. The molecule has 0 saturated carbocycles. The summed E-state index contributed by atoms with van der Waals surface area (Å²) in [5, 5.41) is 0. The second-order valence-electron chi connectivity index (χ2n) is 6.19. The van der Waals surface area contributed by atoms with Gasteiger partial charge in [0.1, 0.15) is 0 Å². The Balaban J connectivity index is 1.77. The molecule has 1 amide bonds. The van der Waals surface area contributed by atoms with Gasteiger partial charge in [-0.15, -0.1) is 0 Å². The molecule has 1 fully saturated rings. The molecule has 5 nitrogen and oxygen atoms in total. The van der Waals surface area contributed by atoms with Crippen molar-refractivity contribution in [3.8, 4) is 0 Å². The van der Waals surface area contributed by atoms with Crippen LogP contribution in [0.1, 0.15) is 21.8 Å². The third-order valence-electron chi connectivity index (χ3n) is 4.41. The van der Waals surface area contributed by atoms with Crippen molar-refractivity contribution in [2.75, 3.05) is 19.3 Å². The van der Waals surface area contributed by atoms with Gasteiger partial charge in [-0.2, -0.15) is 0 Å². The summed E-state index contributed by atoms with van der Waals surface area (Å²) in [6.07, 6.45) is 1.15. The Morgan fingerprint density at radius 2 is 1.67 bits per heavy atom. The second kappa shape index (κ2) is 6.37. The van der Waals surface area contributed by atoms with Gasteiger partial charge in [-0.25, -0.2) is 8.42 Å². The average Bonchev–Trinajstić information content (AvgIpc) is 2.96. The molecule has 24 heavy (non-hydrogen) atoms. The van der Waals surface area contributed by atoms with Crippen molar-refractivity contribution in [3.05, 3.63) is 65.7 Å². The van der Waals surface area contributed by atoms with E-state index in [9.17, 15) is 13.2 Å². The number of amides is 1. The summed E-state index contributed by atoms with van der Waals surface area (Å²) in [6, 6.07) is 15.9. The standard InChI is InChI=1S/C18H20N2O3S/c1-24(22,23)15-9-7-14(8-10-15)18(21)20-11-16(17(19)12-20)13-5-3-2-4-6-13/h2-10,16-17H,11-12,19H2,1H3/t16-,17+/m1/s1. The van der Waals surface area contributed by atoms with Gasteiger partial charge in [0, 0.05) is 36.9 Å². The first kappa shape index (κ1) is 16.7. The number of sulfone groups is 1. The van der Waals surface area contributed by atoms with Crippen LogP contribution in [0.25, 0.3) is 0 Å². The van der Waals surface area contributed by atoms with Crippen molar-refractivity contribution >= 4 is 15.7 Å². The number of nitrogens with two attached hydrogens (primary N) is 1. The molecule has 3 rings (SSSR count). The van der Waals surface area contributed by atoms with Gasteiger partial charge < -0.3 is 10.6 Å². The maximum absolute atomic E-state index is 12.7. The molecular weight excluding hydrogens is 324 g/mol. The summed E-state index contributed by atoms with van der Waals surface area (Å²) in [6.45, 7) is 1.06. The van der Waals surface area contributed by atoms with Gasteiger partial charge in [0.2, 0.25) is 0 Å². The number of hydrogen-bond donors (Lipinski definition) is 1. The van der Waals surface area contributed by atoms with Crippen molar-refractivity contribution < 1.29 is 13.2 Å². The minimum Gasteiger partial charge on any atom is -0.336 e. The fourth-order valence-corrected chi connectivity index (χ4v) is 3.71. The molecule has 1 aliphatic rings. The Morgan fingerprint density at radius 3 is 2.25 bits per heavy atom. The van der Waals surface area contributed by atoms with E-state index < -0.39 is 9.84 Å². The normalized spacial score (nSPS) is 21.0. The molecule has 2 aromatic carbocycles. The van der Waals surface area contributed by atoms with Crippen LogP contribution < -0.4 is 5.73 Å². The zero-order chi connectivity index (χ0) is 17.3. The van der Waals surface area contributed by atoms with Crippen molar-refractivity contribution in [1.82, 2.24) is 4.90 Å². The topological polar surface area (TPSA) is 80.5 Å². The summed E-state index contributed by atoms with van der Waals surface area (Å²) in [5.41, 5.74) is 7.83. The third kappa shape index (κ3) is 3.34. The van der Waals surface area contributed by atoms with E-state index in [0.717, 1.165) is 11.8 Å². The Labute approximate surface area is 142 Å². The van der Waals surface area contributed by atoms with Gasteiger partial charge in [0.25, 0.3) is 5.91 Å². The van der Waals surface area contributed by atoms with Crippen LogP contribution in [0, 0.1) is 0 Å². The van der Waals surface area contributed by atoms with Gasteiger partial charge in [0.15, 0.2) is 9.84 Å². The molecule has 126 valence electrons. The molecule has 0 aliphatic carbocycles. The van der Waals surface area contributed by atoms with Gasteiger partial charge >= 0.3 is 0 Å². The van der Waals surface area contributed by atoms with Crippen LogP contribution in [0.2, 0.25) is 0 Å². The number of carbonyl (C=O) groups excluding carboxylic acids is 1. The van der Waals surface area contributed by atoms with E-state index in [1.807, 2.05) is 30.3 Å². The molecule has 1 saturated heterocycles. The quantitative estimate of drug-likeness (QED) is 0.918. The molecule has 0 spiro atoms. The van der Waals surface area contributed by atoms with E-state index in [2.05, 4.69) is 0 Å². The van der Waals surface area contributed by atoms with Gasteiger partial charge in [-0.1, -0.05) is 30.3 Å². The van der Waals surface area contributed by atoms with Crippen LogP contribution in [-0.4, -0.2) is 44.6 Å². The predicted molar refractivity (Wildman–Crippen MR) is 92.6 cm³/mol. The summed E-state index contributed by atoms with van der Waals surface area (Å²) in [5.74, 6) is -0.00521. The first-order valence-electron chi connectivity index (χ1n) is 7.76. The summed E-state index contributed by atoms with van der Waals surface area (Å²) < 4.78 is 23.0. The molecule has 0 bridgehead atoms. The molecular formula is C18H20N2O3S. The number of rotatable bonds is 3.